The number of halogens is 1. The van der Waals surface area contributed by atoms with E-state index in [4.69, 9.17) is 5.73 Å². The highest BCUT2D eigenvalue weighted by atomic mass is 35.5. The highest BCUT2D eigenvalue weighted by molar-refractivity contribution is 7.89. The fourth-order valence-corrected chi connectivity index (χ4v) is 2.56. The second-order valence-corrected chi connectivity index (χ2v) is 5.77. The lowest BCUT2D eigenvalue weighted by atomic mass is 10.3. The van der Waals surface area contributed by atoms with Crippen LogP contribution in [0.2, 0.25) is 0 Å². The van der Waals surface area contributed by atoms with Gasteiger partial charge < -0.3 is 11.1 Å². The Labute approximate surface area is 119 Å². The lowest BCUT2D eigenvalue weighted by Gasteiger charge is -2.10. The maximum atomic E-state index is 11.8. The quantitative estimate of drug-likeness (QED) is 0.745. The van der Waals surface area contributed by atoms with E-state index in [1.807, 2.05) is 0 Å². The van der Waals surface area contributed by atoms with Crippen molar-refractivity contribution in [2.75, 3.05) is 11.9 Å². The predicted octanol–water partition coefficient (Wildman–Crippen LogP) is 0.692. The van der Waals surface area contributed by atoms with E-state index in [2.05, 4.69) is 10.0 Å². The number of nitrogens with one attached hydrogen (secondary N) is 2. The van der Waals surface area contributed by atoms with Crippen molar-refractivity contribution in [1.29, 1.82) is 0 Å². The molecule has 0 saturated carbocycles. The number of carbonyl (C=O) groups excluding carboxylic acids is 1. The minimum absolute atomic E-state index is 0. The molecule has 0 radical (unpaired) electrons. The van der Waals surface area contributed by atoms with E-state index in [-0.39, 0.29) is 35.8 Å². The molecule has 0 saturated heterocycles. The Kier molecular flexibility index (Phi) is 6.99. The van der Waals surface area contributed by atoms with Crippen molar-refractivity contribution in [3.05, 3.63) is 24.3 Å². The third-order valence-corrected chi connectivity index (χ3v) is 3.70. The highest BCUT2D eigenvalue weighted by Gasteiger charge is 2.14. The van der Waals surface area contributed by atoms with Crippen molar-refractivity contribution in [2.45, 2.75) is 24.8 Å². The molecule has 8 heteroatoms. The molecule has 1 aromatic carbocycles. The number of hydrogen-bond donors (Lipinski definition) is 3. The molecule has 0 aromatic heterocycles. The summed E-state index contributed by atoms with van der Waals surface area (Å²) in [4.78, 5) is 11.2. The zero-order valence-corrected chi connectivity index (χ0v) is 12.3. The first-order chi connectivity index (χ1) is 8.35. The molecular formula is C11H18ClN3O3S. The Morgan fingerprint density at radius 2 is 1.79 bits per heavy atom. The van der Waals surface area contributed by atoms with E-state index in [0.29, 0.717) is 5.69 Å². The number of rotatable bonds is 5. The lowest BCUT2D eigenvalue weighted by Crippen LogP contribution is -2.30. The number of hydrogen-bond acceptors (Lipinski definition) is 4. The molecule has 108 valence electrons. The monoisotopic (exact) mass is 307 g/mol. The van der Waals surface area contributed by atoms with Crippen LogP contribution in [-0.2, 0) is 14.8 Å². The average Bonchev–Trinajstić information content (AvgIpc) is 2.28. The van der Waals surface area contributed by atoms with Crippen LogP contribution in [-0.4, -0.2) is 26.9 Å². The zero-order chi connectivity index (χ0) is 13.8. The topological polar surface area (TPSA) is 101 Å². The summed E-state index contributed by atoms with van der Waals surface area (Å²) in [5.41, 5.74) is 5.66. The van der Waals surface area contributed by atoms with Gasteiger partial charge in [-0.25, -0.2) is 13.1 Å². The van der Waals surface area contributed by atoms with Gasteiger partial charge in [0.15, 0.2) is 0 Å². The maximum Gasteiger partial charge on any atom is 0.240 e. The molecule has 0 atom stereocenters. The maximum absolute atomic E-state index is 11.8. The van der Waals surface area contributed by atoms with Crippen molar-refractivity contribution < 1.29 is 13.2 Å². The number of carbonyl (C=O) groups is 1. The molecule has 0 fully saturated rings. The third kappa shape index (κ3) is 5.56. The van der Waals surface area contributed by atoms with Crippen LogP contribution in [0.3, 0.4) is 0 Å². The van der Waals surface area contributed by atoms with Gasteiger partial charge in [0.1, 0.15) is 0 Å². The number of sulfonamides is 1. The van der Waals surface area contributed by atoms with Gasteiger partial charge in [0, 0.05) is 11.7 Å². The Morgan fingerprint density at radius 1 is 1.26 bits per heavy atom. The molecular weight excluding hydrogens is 290 g/mol. The summed E-state index contributed by atoms with van der Waals surface area (Å²) in [5, 5.41) is 2.53. The van der Waals surface area contributed by atoms with Gasteiger partial charge in [0.2, 0.25) is 15.9 Å². The van der Waals surface area contributed by atoms with E-state index in [1.165, 1.54) is 24.3 Å². The highest BCUT2D eigenvalue weighted by Crippen LogP contribution is 2.14. The van der Waals surface area contributed by atoms with Crippen LogP contribution in [0.4, 0.5) is 5.69 Å². The largest absolute Gasteiger partial charge is 0.325 e. The van der Waals surface area contributed by atoms with Crippen LogP contribution in [0.1, 0.15) is 13.8 Å². The molecule has 0 bridgehead atoms. The number of amides is 1. The molecule has 1 aromatic rings. The normalized spacial score (nSPS) is 10.9. The third-order valence-electron chi connectivity index (χ3n) is 2.02. The average molecular weight is 308 g/mol. The van der Waals surface area contributed by atoms with Crippen molar-refractivity contribution in [3.8, 4) is 0 Å². The number of anilines is 1. The van der Waals surface area contributed by atoms with Crippen molar-refractivity contribution >= 4 is 34.0 Å². The van der Waals surface area contributed by atoms with Crippen LogP contribution in [0.5, 0.6) is 0 Å². The lowest BCUT2D eigenvalue weighted by molar-refractivity contribution is -0.114. The minimum atomic E-state index is -3.50. The SMILES string of the molecule is CC(C)NS(=O)(=O)c1ccc(NC(=O)CN)cc1.Cl. The van der Waals surface area contributed by atoms with Gasteiger partial charge in [-0.2, -0.15) is 0 Å². The summed E-state index contributed by atoms with van der Waals surface area (Å²) in [6.45, 7) is 3.37. The van der Waals surface area contributed by atoms with Gasteiger partial charge in [-0.1, -0.05) is 0 Å². The smallest absolute Gasteiger partial charge is 0.240 e. The summed E-state index contributed by atoms with van der Waals surface area (Å²) < 4.78 is 26.1. The van der Waals surface area contributed by atoms with Gasteiger partial charge >= 0.3 is 0 Å². The van der Waals surface area contributed by atoms with E-state index >= 15 is 0 Å². The van der Waals surface area contributed by atoms with Gasteiger partial charge in [-0.05, 0) is 38.1 Å². The molecule has 4 N–H and O–H groups in total. The first-order valence-corrected chi connectivity index (χ1v) is 6.96. The van der Waals surface area contributed by atoms with Crippen molar-refractivity contribution in [1.82, 2.24) is 4.72 Å². The van der Waals surface area contributed by atoms with Gasteiger partial charge in [-0.3, -0.25) is 4.79 Å². The van der Waals surface area contributed by atoms with E-state index < -0.39 is 10.0 Å². The predicted molar refractivity (Wildman–Crippen MR) is 76.8 cm³/mol. The second-order valence-electron chi connectivity index (χ2n) is 4.05. The zero-order valence-electron chi connectivity index (χ0n) is 10.7. The van der Waals surface area contributed by atoms with E-state index in [9.17, 15) is 13.2 Å². The number of benzene rings is 1. The van der Waals surface area contributed by atoms with Gasteiger partial charge in [0.05, 0.1) is 11.4 Å². The molecule has 0 aliphatic carbocycles. The molecule has 19 heavy (non-hydrogen) atoms. The van der Waals surface area contributed by atoms with Crippen LogP contribution in [0.25, 0.3) is 0 Å². The van der Waals surface area contributed by atoms with E-state index in [1.54, 1.807) is 13.8 Å². The summed E-state index contributed by atoms with van der Waals surface area (Å²) in [7, 11) is -3.50. The molecule has 1 amide bonds. The molecule has 0 aliphatic rings. The van der Waals surface area contributed by atoms with Gasteiger partial charge in [-0.15, -0.1) is 12.4 Å². The molecule has 0 spiro atoms. The Hall–Kier alpha value is -1.15. The Morgan fingerprint density at radius 3 is 2.21 bits per heavy atom. The van der Waals surface area contributed by atoms with Gasteiger partial charge in [0.25, 0.3) is 0 Å². The summed E-state index contributed by atoms with van der Waals surface area (Å²) >= 11 is 0. The first-order valence-electron chi connectivity index (χ1n) is 5.47. The summed E-state index contributed by atoms with van der Waals surface area (Å²) in [6.07, 6.45) is 0. The fraction of sp³-hybridized carbons (Fsp3) is 0.364. The fourth-order valence-electron chi connectivity index (χ4n) is 1.31. The molecule has 1 rings (SSSR count). The van der Waals surface area contributed by atoms with Crippen LogP contribution >= 0.6 is 12.4 Å². The van der Waals surface area contributed by atoms with Crippen molar-refractivity contribution in [3.63, 3.8) is 0 Å². The molecule has 0 aliphatic heterocycles. The minimum Gasteiger partial charge on any atom is -0.325 e. The van der Waals surface area contributed by atoms with Crippen molar-refractivity contribution in [2.24, 2.45) is 5.73 Å². The molecule has 6 nitrogen and oxygen atoms in total. The van der Waals surface area contributed by atoms with Crippen LogP contribution in [0.15, 0.2) is 29.2 Å². The second kappa shape index (κ2) is 7.44. The standard InChI is InChI=1S/C11H17N3O3S.ClH/c1-8(2)14-18(16,17)10-5-3-9(4-6-10)13-11(15)7-12;/h3-6,8,14H,7,12H2,1-2H3,(H,13,15);1H. The summed E-state index contributed by atoms with van der Waals surface area (Å²) in [5.74, 6) is -0.328. The van der Waals surface area contributed by atoms with E-state index in [0.717, 1.165) is 0 Å². The van der Waals surface area contributed by atoms with Crippen LogP contribution in [0, 0.1) is 0 Å². The molecule has 0 heterocycles. The van der Waals surface area contributed by atoms with Crippen LogP contribution < -0.4 is 15.8 Å². The Bertz CT molecular complexity index is 514. The Balaban J connectivity index is 0.00000324. The first kappa shape index (κ1) is 17.8. The summed E-state index contributed by atoms with van der Waals surface area (Å²) in [6, 6.07) is 5.71. The molecule has 0 unspecified atom stereocenters. The number of nitrogens with two attached hydrogens (primary N) is 1.